The summed E-state index contributed by atoms with van der Waals surface area (Å²) in [7, 11) is 0. The average Bonchev–Trinajstić information content (AvgIpc) is 2.57. The summed E-state index contributed by atoms with van der Waals surface area (Å²) in [6.07, 6.45) is -15.3. The van der Waals surface area contributed by atoms with E-state index < -0.39 is 80.0 Å². The Morgan fingerprint density at radius 2 is 1.29 bits per heavy atom. The normalized spacial score (nSPS) is 49.8. The summed E-state index contributed by atoms with van der Waals surface area (Å²) in [5.41, 5.74) is 0. The Labute approximate surface area is 136 Å². The van der Waals surface area contributed by atoms with Crippen LogP contribution in [-0.2, 0) is 14.3 Å². The van der Waals surface area contributed by atoms with Gasteiger partial charge in [0, 0.05) is 0 Å². The van der Waals surface area contributed by atoms with Gasteiger partial charge in [0.05, 0.1) is 31.3 Å². The quantitative estimate of drug-likeness (QED) is 0.239. The first-order chi connectivity index (χ1) is 11.2. The van der Waals surface area contributed by atoms with Crippen molar-refractivity contribution < 1.29 is 55.1 Å². The lowest BCUT2D eigenvalue weighted by atomic mass is 9.80. The third kappa shape index (κ3) is 3.32. The molecule has 1 unspecified atom stereocenters. The number of aliphatic hydroxyl groups excluding tert-OH is 8. The standard InChI is InChI=1S/C13H22O11/c14-1-3-5(7(17)11(21)13(22)24-3)8(18)12-10(20)9(19)6(16)4(2-15)23-12/h3-7,9-17,19-22H,1-2H2/t3-,4-,5-,6+,7+,9+,10-,11-,12+,13?/m1/s1. The van der Waals surface area contributed by atoms with E-state index in [0.29, 0.717) is 0 Å². The van der Waals surface area contributed by atoms with Crippen molar-refractivity contribution in [1.29, 1.82) is 0 Å². The highest BCUT2D eigenvalue weighted by molar-refractivity contribution is 5.87. The first kappa shape index (κ1) is 19.6. The number of rotatable bonds is 4. The maximum Gasteiger partial charge on any atom is 0.183 e. The lowest BCUT2D eigenvalue weighted by Crippen LogP contribution is -2.65. The van der Waals surface area contributed by atoms with E-state index in [1.165, 1.54) is 0 Å². The molecule has 11 nitrogen and oxygen atoms in total. The highest BCUT2D eigenvalue weighted by atomic mass is 16.6. The van der Waals surface area contributed by atoms with Crippen molar-refractivity contribution in [2.24, 2.45) is 5.92 Å². The van der Waals surface area contributed by atoms with Gasteiger partial charge in [-0.15, -0.1) is 0 Å². The Bertz CT molecular complexity index is 442. The van der Waals surface area contributed by atoms with Crippen molar-refractivity contribution in [2.75, 3.05) is 13.2 Å². The van der Waals surface area contributed by atoms with Gasteiger partial charge in [-0.3, -0.25) is 4.79 Å². The average molecular weight is 354 g/mol. The SMILES string of the molecule is O=C([C@H]1[C@H](O)[C@@H](O)C(O)O[C@@H]1CO)[C@@H]1O[C@H](CO)[C@H](O)[C@H](O)[C@H]1O. The van der Waals surface area contributed by atoms with Gasteiger partial charge in [0.2, 0.25) is 0 Å². The minimum Gasteiger partial charge on any atom is -0.394 e. The number of carbonyl (C=O) groups excluding carboxylic acids is 1. The lowest BCUT2D eigenvalue weighted by molar-refractivity contribution is -0.275. The molecular weight excluding hydrogens is 332 g/mol. The molecule has 0 bridgehead atoms. The topological polar surface area (TPSA) is 197 Å². The molecule has 10 atom stereocenters. The number of aliphatic hydroxyl groups is 8. The van der Waals surface area contributed by atoms with E-state index in [2.05, 4.69) is 0 Å². The van der Waals surface area contributed by atoms with Crippen LogP contribution in [0.3, 0.4) is 0 Å². The molecule has 0 saturated carbocycles. The number of ether oxygens (including phenoxy) is 2. The number of Topliss-reactive ketones (excluding diaryl/α,β-unsaturated/α-hetero) is 1. The van der Waals surface area contributed by atoms with E-state index in [1.807, 2.05) is 0 Å². The smallest absolute Gasteiger partial charge is 0.183 e. The van der Waals surface area contributed by atoms with E-state index in [9.17, 15) is 40.5 Å². The molecule has 11 heteroatoms. The highest BCUT2D eigenvalue weighted by Gasteiger charge is 2.53. The van der Waals surface area contributed by atoms with Crippen LogP contribution in [0.1, 0.15) is 0 Å². The molecule has 2 heterocycles. The first-order valence-corrected chi connectivity index (χ1v) is 7.39. The van der Waals surface area contributed by atoms with Crippen molar-refractivity contribution in [3.05, 3.63) is 0 Å². The molecular formula is C13H22O11. The number of hydrogen-bond donors (Lipinski definition) is 8. The fraction of sp³-hybridized carbons (Fsp3) is 0.923. The maximum absolute atomic E-state index is 12.6. The van der Waals surface area contributed by atoms with Crippen LogP contribution in [0.15, 0.2) is 0 Å². The van der Waals surface area contributed by atoms with E-state index in [-0.39, 0.29) is 0 Å². The second-order valence-electron chi connectivity index (χ2n) is 5.91. The number of hydrogen-bond acceptors (Lipinski definition) is 11. The molecule has 8 N–H and O–H groups in total. The molecule has 0 aromatic carbocycles. The van der Waals surface area contributed by atoms with Crippen LogP contribution >= 0.6 is 0 Å². The predicted molar refractivity (Wildman–Crippen MR) is 72.2 cm³/mol. The number of carbonyl (C=O) groups is 1. The molecule has 140 valence electrons. The van der Waals surface area contributed by atoms with E-state index >= 15 is 0 Å². The van der Waals surface area contributed by atoms with Crippen LogP contribution in [0.25, 0.3) is 0 Å². The van der Waals surface area contributed by atoms with Crippen LogP contribution in [0.2, 0.25) is 0 Å². The van der Waals surface area contributed by atoms with Gasteiger partial charge >= 0.3 is 0 Å². The van der Waals surface area contributed by atoms with Crippen LogP contribution < -0.4 is 0 Å². The van der Waals surface area contributed by atoms with E-state index in [4.69, 9.17) is 14.6 Å². The van der Waals surface area contributed by atoms with Crippen molar-refractivity contribution in [2.45, 2.75) is 55.1 Å². The van der Waals surface area contributed by atoms with Crippen LogP contribution in [-0.4, -0.2) is 115 Å². The van der Waals surface area contributed by atoms with Crippen molar-refractivity contribution in [3.8, 4) is 0 Å². The zero-order valence-electron chi connectivity index (χ0n) is 12.5. The summed E-state index contributed by atoms with van der Waals surface area (Å²) < 4.78 is 9.95. The van der Waals surface area contributed by atoms with Crippen molar-refractivity contribution in [3.63, 3.8) is 0 Å². The van der Waals surface area contributed by atoms with Gasteiger partial charge in [0.15, 0.2) is 12.1 Å². The molecule has 2 aliphatic rings. The third-order valence-corrected chi connectivity index (χ3v) is 4.41. The highest BCUT2D eigenvalue weighted by Crippen LogP contribution is 2.31. The summed E-state index contributed by atoms with van der Waals surface area (Å²) in [5.74, 6) is -2.60. The summed E-state index contributed by atoms with van der Waals surface area (Å²) in [5, 5.41) is 76.9. The van der Waals surface area contributed by atoms with E-state index in [1.54, 1.807) is 0 Å². The molecule has 0 radical (unpaired) electrons. The largest absolute Gasteiger partial charge is 0.394 e. The minimum absolute atomic E-state index is 0.747. The fourth-order valence-electron chi connectivity index (χ4n) is 2.98. The number of ketones is 1. The lowest BCUT2D eigenvalue weighted by Gasteiger charge is -2.44. The van der Waals surface area contributed by atoms with Crippen LogP contribution in [0.4, 0.5) is 0 Å². The minimum atomic E-state index is -1.87. The van der Waals surface area contributed by atoms with Gasteiger partial charge in [-0.05, 0) is 0 Å². The molecule has 0 aromatic rings. The summed E-state index contributed by atoms with van der Waals surface area (Å²) in [4.78, 5) is 12.6. The molecule has 0 aliphatic carbocycles. The third-order valence-electron chi connectivity index (χ3n) is 4.41. The molecule has 2 saturated heterocycles. The van der Waals surface area contributed by atoms with Crippen molar-refractivity contribution in [1.82, 2.24) is 0 Å². The zero-order chi connectivity index (χ0) is 18.2. The predicted octanol–water partition coefficient (Wildman–Crippen LogP) is -5.55. The maximum atomic E-state index is 12.6. The second-order valence-corrected chi connectivity index (χ2v) is 5.91. The Balaban J connectivity index is 2.24. The Kier molecular flexibility index (Phi) is 6.25. The molecule has 0 spiro atoms. The molecule has 2 fully saturated rings. The summed E-state index contributed by atoms with van der Waals surface area (Å²) >= 11 is 0. The Morgan fingerprint density at radius 1 is 0.708 bits per heavy atom. The van der Waals surface area contributed by atoms with E-state index in [0.717, 1.165) is 0 Å². The molecule has 0 amide bonds. The molecule has 2 aliphatic heterocycles. The summed E-state index contributed by atoms with van der Waals surface area (Å²) in [6.45, 7) is -1.53. The molecule has 2 rings (SSSR count). The monoisotopic (exact) mass is 354 g/mol. The molecule has 24 heavy (non-hydrogen) atoms. The Morgan fingerprint density at radius 3 is 1.83 bits per heavy atom. The van der Waals surface area contributed by atoms with Gasteiger partial charge in [-0.1, -0.05) is 0 Å². The fourth-order valence-corrected chi connectivity index (χ4v) is 2.98. The van der Waals surface area contributed by atoms with Gasteiger partial charge in [0.25, 0.3) is 0 Å². The van der Waals surface area contributed by atoms with Gasteiger partial charge in [0.1, 0.15) is 36.6 Å². The van der Waals surface area contributed by atoms with Crippen LogP contribution in [0, 0.1) is 5.92 Å². The summed E-state index contributed by atoms with van der Waals surface area (Å²) in [6, 6.07) is 0. The Hall–Kier alpha value is -0.730. The van der Waals surface area contributed by atoms with Gasteiger partial charge < -0.3 is 50.3 Å². The van der Waals surface area contributed by atoms with Gasteiger partial charge in [-0.2, -0.15) is 0 Å². The second kappa shape index (κ2) is 7.66. The first-order valence-electron chi connectivity index (χ1n) is 7.39. The van der Waals surface area contributed by atoms with Gasteiger partial charge in [-0.25, -0.2) is 0 Å². The van der Waals surface area contributed by atoms with Crippen molar-refractivity contribution >= 4 is 5.78 Å². The molecule has 0 aromatic heterocycles. The zero-order valence-corrected chi connectivity index (χ0v) is 12.5. The van der Waals surface area contributed by atoms with Crippen LogP contribution in [0.5, 0.6) is 0 Å².